The monoisotopic (exact) mass is 242 g/mol. The Bertz CT molecular complexity index is 517. The van der Waals surface area contributed by atoms with E-state index in [0.29, 0.717) is 6.54 Å². The number of sulfonamides is 1. The Hall–Kier alpha value is -1.74. The third-order valence-electron chi connectivity index (χ3n) is 1.89. The third kappa shape index (κ3) is 2.44. The van der Waals surface area contributed by atoms with Crippen LogP contribution in [0.5, 0.6) is 0 Å². The predicted octanol–water partition coefficient (Wildman–Crippen LogP) is -1.02. The van der Waals surface area contributed by atoms with Crippen molar-refractivity contribution in [1.29, 1.82) is 0 Å². The van der Waals surface area contributed by atoms with Gasteiger partial charge in [-0.3, -0.25) is 9.78 Å². The zero-order valence-electron chi connectivity index (χ0n) is 8.24. The van der Waals surface area contributed by atoms with Crippen LogP contribution in [0.4, 0.5) is 0 Å². The highest BCUT2D eigenvalue weighted by Gasteiger charge is 2.13. The lowest BCUT2D eigenvalue weighted by molar-refractivity contribution is 0.553. The number of aromatic nitrogens is 5. The molecule has 0 aliphatic rings. The van der Waals surface area contributed by atoms with E-state index in [9.17, 15) is 8.42 Å². The lowest BCUT2D eigenvalue weighted by Gasteiger charge is -2.03. The molecule has 16 heavy (non-hydrogen) atoms. The lowest BCUT2D eigenvalue weighted by atomic mass is 10.6. The van der Waals surface area contributed by atoms with Crippen molar-refractivity contribution in [3.05, 3.63) is 24.8 Å². The Balaban J connectivity index is 1.91. The van der Waals surface area contributed by atoms with Crippen molar-refractivity contribution in [3.63, 3.8) is 0 Å². The molecular weight excluding hydrogens is 232 g/mol. The maximum absolute atomic E-state index is 11.6. The lowest BCUT2D eigenvalue weighted by Crippen LogP contribution is -2.27. The van der Waals surface area contributed by atoms with Crippen molar-refractivity contribution in [1.82, 2.24) is 29.9 Å². The van der Waals surface area contributed by atoms with E-state index < -0.39 is 10.0 Å². The fourth-order valence-corrected chi connectivity index (χ4v) is 2.04. The van der Waals surface area contributed by atoms with E-state index in [2.05, 4.69) is 25.2 Å². The molecule has 0 aliphatic carbocycles. The number of nitrogens with one attached hydrogen (secondary N) is 2. The van der Waals surface area contributed by atoms with Crippen molar-refractivity contribution in [2.75, 3.05) is 6.54 Å². The standard InChI is InChI=1S/C7H10N6O2S/c14-16(15,7-5-9-10-6-7)11-2-4-13-3-1-8-12-13/h1,3,5-6,11H,2,4H2,(H,9,10). The van der Waals surface area contributed by atoms with Crippen LogP contribution < -0.4 is 4.72 Å². The Labute approximate surface area is 91.7 Å². The molecule has 0 fully saturated rings. The number of H-pyrrole nitrogens is 1. The van der Waals surface area contributed by atoms with Crippen molar-refractivity contribution in [2.24, 2.45) is 0 Å². The van der Waals surface area contributed by atoms with Crippen LogP contribution in [-0.2, 0) is 16.6 Å². The summed E-state index contributed by atoms with van der Waals surface area (Å²) < 4.78 is 27.2. The minimum Gasteiger partial charge on any atom is -0.284 e. The first-order valence-electron chi connectivity index (χ1n) is 4.51. The normalized spacial score (nSPS) is 11.8. The largest absolute Gasteiger partial charge is 0.284 e. The van der Waals surface area contributed by atoms with Gasteiger partial charge in [-0.05, 0) is 0 Å². The van der Waals surface area contributed by atoms with E-state index in [4.69, 9.17) is 0 Å². The summed E-state index contributed by atoms with van der Waals surface area (Å²) >= 11 is 0. The van der Waals surface area contributed by atoms with Crippen LogP contribution >= 0.6 is 0 Å². The molecule has 2 aromatic rings. The summed E-state index contributed by atoms with van der Waals surface area (Å²) in [4.78, 5) is 0.117. The van der Waals surface area contributed by atoms with Gasteiger partial charge < -0.3 is 0 Å². The number of hydrogen-bond acceptors (Lipinski definition) is 5. The summed E-state index contributed by atoms with van der Waals surface area (Å²) in [5.41, 5.74) is 0. The second-order valence-electron chi connectivity index (χ2n) is 3.00. The summed E-state index contributed by atoms with van der Waals surface area (Å²) in [5, 5.41) is 13.3. The molecule has 0 aromatic carbocycles. The molecule has 86 valence electrons. The van der Waals surface area contributed by atoms with Crippen LogP contribution in [0.15, 0.2) is 29.7 Å². The van der Waals surface area contributed by atoms with Crippen LogP contribution in [-0.4, -0.2) is 40.2 Å². The van der Waals surface area contributed by atoms with Crippen LogP contribution in [0.1, 0.15) is 0 Å². The summed E-state index contributed by atoms with van der Waals surface area (Å²) in [7, 11) is -3.48. The minimum atomic E-state index is -3.48. The maximum atomic E-state index is 11.6. The smallest absolute Gasteiger partial charge is 0.243 e. The van der Waals surface area contributed by atoms with Gasteiger partial charge in [-0.15, -0.1) is 5.10 Å². The minimum absolute atomic E-state index is 0.117. The first-order chi connectivity index (χ1) is 7.68. The molecular formula is C7H10N6O2S. The van der Waals surface area contributed by atoms with Gasteiger partial charge in [0.1, 0.15) is 4.90 Å². The van der Waals surface area contributed by atoms with E-state index in [1.165, 1.54) is 23.3 Å². The number of hydrogen-bond donors (Lipinski definition) is 2. The average molecular weight is 242 g/mol. The number of nitrogens with zero attached hydrogens (tertiary/aromatic N) is 4. The first kappa shape index (κ1) is 10.8. The Morgan fingerprint density at radius 2 is 2.38 bits per heavy atom. The topological polar surface area (TPSA) is 106 Å². The second-order valence-corrected chi connectivity index (χ2v) is 4.76. The summed E-state index contributed by atoms with van der Waals surface area (Å²) in [6.07, 6.45) is 5.76. The third-order valence-corrected chi connectivity index (χ3v) is 3.32. The highest BCUT2D eigenvalue weighted by molar-refractivity contribution is 7.89. The van der Waals surface area contributed by atoms with Crippen LogP contribution in [0.3, 0.4) is 0 Å². The van der Waals surface area contributed by atoms with E-state index >= 15 is 0 Å². The Morgan fingerprint density at radius 3 is 3.00 bits per heavy atom. The average Bonchev–Trinajstić information content (AvgIpc) is 2.90. The molecule has 0 spiro atoms. The SMILES string of the molecule is O=S(=O)(NCCn1ccnn1)c1cn[nH]c1. The molecule has 0 amide bonds. The number of rotatable bonds is 5. The molecule has 0 bridgehead atoms. The summed E-state index contributed by atoms with van der Waals surface area (Å²) in [5.74, 6) is 0. The molecule has 8 nitrogen and oxygen atoms in total. The van der Waals surface area contributed by atoms with Gasteiger partial charge in [0.2, 0.25) is 10.0 Å². The summed E-state index contributed by atoms with van der Waals surface area (Å²) in [6, 6.07) is 0. The van der Waals surface area contributed by atoms with Gasteiger partial charge in [-0.2, -0.15) is 5.10 Å². The van der Waals surface area contributed by atoms with E-state index in [-0.39, 0.29) is 11.4 Å². The van der Waals surface area contributed by atoms with Crippen molar-refractivity contribution in [3.8, 4) is 0 Å². The highest BCUT2D eigenvalue weighted by atomic mass is 32.2. The molecule has 0 aliphatic heterocycles. The Kier molecular flexibility index (Phi) is 2.97. The van der Waals surface area contributed by atoms with Gasteiger partial charge in [-0.25, -0.2) is 13.1 Å². The Morgan fingerprint density at radius 1 is 1.50 bits per heavy atom. The van der Waals surface area contributed by atoms with Gasteiger partial charge in [0.15, 0.2) is 0 Å². The van der Waals surface area contributed by atoms with E-state index in [0.717, 1.165) is 0 Å². The van der Waals surface area contributed by atoms with Gasteiger partial charge in [0.05, 0.1) is 18.9 Å². The second kappa shape index (κ2) is 4.41. The fourth-order valence-electron chi connectivity index (χ4n) is 1.12. The molecule has 2 rings (SSSR count). The fraction of sp³-hybridized carbons (Fsp3) is 0.286. The first-order valence-corrected chi connectivity index (χ1v) is 5.99. The van der Waals surface area contributed by atoms with Crippen LogP contribution in [0.25, 0.3) is 0 Å². The van der Waals surface area contributed by atoms with Crippen molar-refractivity contribution < 1.29 is 8.42 Å². The molecule has 9 heteroatoms. The molecule has 0 saturated carbocycles. The van der Waals surface area contributed by atoms with Crippen molar-refractivity contribution >= 4 is 10.0 Å². The molecule has 2 N–H and O–H groups in total. The van der Waals surface area contributed by atoms with E-state index in [1.54, 1.807) is 6.20 Å². The van der Waals surface area contributed by atoms with Gasteiger partial charge in [0, 0.05) is 18.9 Å². The maximum Gasteiger partial charge on any atom is 0.243 e. The van der Waals surface area contributed by atoms with Gasteiger partial charge >= 0.3 is 0 Å². The van der Waals surface area contributed by atoms with Crippen molar-refractivity contribution in [2.45, 2.75) is 11.4 Å². The van der Waals surface area contributed by atoms with Crippen LogP contribution in [0, 0.1) is 0 Å². The zero-order valence-corrected chi connectivity index (χ0v) is 9.05. The molecule has 0 saturated heterocycles. The van der Waals surface area contributed by atoms with Crippen LogP contribution in [0.2, 0.25) is 0 Å². The molecule has 2 aromatic heterocycles. The molecule has 2 heterocycles. The highest BCUT2D eigenvalue weighted by Crippen LogP contribution is 2.03. The summed E-state index contributed by atoms with van der Waals surface area (Å²) in [6.45, 7) is 0.675. The predicted molar refractivity (Wildman–Crippen MR) is 53.8 cm³/mol. The van der Waals surface area contributed by atoms with Gasteiger partial charge in [-0.1, -0.05) is 5.21 Å². The van der Waals surface area contributed by atoms with Gasteiger partial charge in [0.25, 0.3) is 0 Å². The van der Waals surface area contributed by atoms with E-state index in [1.807, 2.05) is 0 Å². The molecule has 0 atom stereocenters. The zero-order chi connectivity index (χ0) is 11.4. The number of aromatic amines is 1. The molecule has 0 radical (unpaired) electrons. The quantitative estimate of drug-likeness (QED) is 0.698. The molecule has 0 unspecified atom stereocenters.